The van der Waals surface area contributed by atoms with E-state index in [1.165, 1.54) is 13.2 Å². The quantitative estimate of drug-likeness (QED) is 0.780. The van der Waals surface area contributed by atoms with Gasteiger partial charge in [-0.1, -0.05) is 12.1 Å². The fraction of sp³-hybridized carbons (Fsp3) is 0.0667. The second-order valence-corrected chi connectivity index (χ2v) is 5.28. The number of amides is 2. The molecule has 0 atom stereocenters. The molecule has 0 unspecified atom stereocenters. The number of carbonyl (C=O) groups excluding carboxylic acids is 2. The number of imide groups is 1. The average molecular weight is 350 g/mol. The number of hydrogen-bond acceptors (Lipinski definition) is 3. The zero-order valence-electron chi connectivity index (χ0n) is 10.9. The molecule has 0 N–H and O–H groups in total. The molecule has 1 heterocycles. The first-order chi connectivity index (χ1) is 10.0. The van der Waals surface area contributed by atoms with Crippen LogP contribution in [0.15, 0.2) is 40.9 Å². The number of hydrogen-bond donors (Lipinski definition) is 0. The second kappa shape index (κ2) is 4.96. The van der Waals surface area contributed by atoms with E-state index in [9.17, 15) is 14.0 Å². The van der Waals surface area contributed by atoms with E-state index < -0.39 is 17.6 Å². The van der Waals surface area contributed by atoms with E-state index in [2.05, 4.69) is 15.9 Å². The fourth-order valence-electron chi connectivity index (χ4n) is 2.31. The zero-order valence-corrected chi connectivity index (χ0v) is 12.5. The fourth-order valence-corrected chi connectivity index (χ4v) is 2.90. The Morgan fingerprint density at radius 2 is 1.67 bits per heavy atom. The molecule has 1 aliphatic rings. The summed E-state index contributed by atoms with van der Waals surface area (Å²) < 4.78 is 18.8. The van der Waals surface area contributed by atoms with Gasteiger partial charge in [-0.25, -0.2) is 9.29 Å². The number of carbonyl (C=O) groups is 2. The van der Waals surface area contributed by atoms with Crippen LogP contribution in [0.5, 0.6) is 5.75 Å². The molecule has 0 fully saturated rings. The molecule has 0 spiro atoms. The van der Waals surface area contributed by atoms with Crippen LogP contribution in [0.2, 0.25) is 0 Å². The molecule has 0 radical (unpaired) electrons. The number of nitrogens with zero attached hydrogens (tertiary/aromatic N) is 1. The maximum Gasteiger partial charge on any atom is 0.266 e. The molecule has 2 aromatic rings. The summed E-state index contributed by atoms with van der Waals surface area (Å²) in [6, 6.07) is 8.85. The Labute approximate surface area is 128 Å². The Kier molecular flexibility index (Phi) is 3.25. The van der Waals surface area contributed by atoms with Crippen LogP contribution in [0.25, 0.3) is 0 Å². The Balaban J connectivity index is 2.20. The predicted molar refractivity (Wildman–Crippen MR) is 78.2 cm³/mol. The smallest absolute Gasteiger partial charge is 0.266 e. The van der Waals surface area contributed by atoms with Crippen molar-refractivity contribution in [3.63, 3.8) is 0 Å². The Morgan fingerprint density at radius 3 is 2.19 bits per heavy atom. The van der Waals surface area contributed by atoms with Gasteiger partial charge in [0.05, 0.1) is 18.2 Å². The maximum atomic E-state index is 13.4. The van der Waals surface area contributed by atoms with Crippen LogP contribution in [0, 0.1) is 5.82 Å². The van der Waals surface area contributed by atoms with Gasteiger partial charge >= 0.3 is 0 Å². The average Bonchev–Trinajstić information content (AvgIpc) is 2.71. The minimum absolute atomic E-state index is 0.108. The summed E-state index contributed by atoms with van der Waals surface area (Å²) in [6.07, 6.45) is 0. The van der Waals surface area contributed by atoms with Crippen molar-refractivity contribution in [2.45, 2.75) is 0 Å². The maximum absolute atomic E-state index is 13.4. The third kappa shape index (κ3) is 2.03. The SMILES string of the molecule is COc1cc(F)cc(Br)c1N1C(=O)c2ccccc2C1=O. The van der Waals surface area contributed by atoms with Gasteiger partial charge in [0.25, 0.3) is 11.8 Å². The highest BCUT2D eigenvalue weighted by atomic mass is 79.9. The molecule has 0 aliphatic carbocycles. The second-order valence-electron chi connectivity index (χ2n) is 4.43. The summed E-state index contributed by atoms with van der Waals surface area (Å²) in [7, 11) is 1.35. The lowest BCUT2D eigenvalue weighted by Crippen LogP contribution is -2.30. The third-order valence-corrected chi connectivity index (χ3v) is 3.84. The molecule has 4 nitrogen and oxygen atoms in total. The minimum atomic E-state index is -0.529. The highest BCUT2D eigenvalue weighted by Gasteiger charge is 2.38. The van der Waals surface area contributed by atoms with E-state index in [1.54, 1.807) is 24.3 Å². The third-order valence-electron chi connectivity index (χ3n) is 3.23. The first-order valence-corrected chi connectivity index (χ1v) is 6.84. The van der Waals surface area contributed by atoms with Crippen molar-refractivity contribution < 1.29 is 18.7 Å². The number of fused-ring (bicyclic) bond motifs is 1. The van der Waals surface area contributed by atoms with Gasteiger partial charge in [-0.15, -0.1) is 0 Å². The molecule has 3 rings (SSSR count). The van der Waals surface area contributed by atoms with Crippen molar-refractivity contribution >= 4 is 33.4 Å². The highest BCUT2D eigenvalue weighted by Crippen LogP contribution is 2.40. The number of halogens is 2. The molecule has 106 valence electrons. The minimum Gasteiger partial charge on any atom is -0.494 e. The molecule has 21 heavy (non-hydrogen) atoms. The highest BCUT2D eigenvalue weighted by molar-refractivity contribution is 9.10. The monoisotopic (exact) mass is 349 g/mol. The van der Waals surface area contributed by atoms with E-state index in [0.29, 0.717) is 11.1 Å². The molecule has 2 aromatic carbocycles. The van der Waals surface area contributed by atoms with Crippen LogP contribution in [0.3, 0.4) is 0 Å². The molecule has 0 bridgehead atoms. The van der Waals surface area contributed by atoms with Crippen LogP contribution >= 0.6 is 15.9 Å². The number of benzene rings is 2. The van der Waals surface area contributed by atoms with E-state index >= 15 is 0 Å². The Morgan fingerprint density at radius 1 is 1.10 bits per heavy atom. The van der Waals surface area contributed by atoms with E-state index in [0.717, 1.165) is 11.0 Å². The number of rotatable bonds is 2. The molecule has 2 amide bonds. The lowest BCUT2D eigenvalue weighted by atomic mass is 10.1. The number of anilines is 1. The number of methoxy groups -OCH3 is 1. The normalized spacial score (nSPS) is 13.6. The summed E-state index contributed by atoms with van der Waals surface area (Å²) in [5.74, 6) is -1.34. The van der Waals surface area contributed by atoms with Crippen LogP contribution in [-0.4, -0.2) is 18.9 Å². The van der Waals surface area contributed by atoms with Crippen LogP contribution in [0.4, 0.5) is 10.1 Å². The topological polar surface area (TPSA) is 46.6 Å². The first kappa shape index (κ1) is 13.8. The number of ether oxygens (including phenoxy) is 1. The van der Waals surface area contributed by atoms with E-state index in [4.69, 9.17) is 4.74 Å². The first-order valence-electron chi connectivity index (χ1n) is 6.05. The van der Waals surface area contributed by atoms with Crippen molar-refractivity contribution in [1.82, 2.24) is 0 Å². The summed E-state index contributed by atoms with van der Waals surface area (Å²) in [5.41, 5.74) is 0.839. The lowest BCUT2D eigenvalue weighted by molar-refractivity contribution is 0.0925. The van der Waals surface area contributed by atoms with Crippen molar-refractivity contribution in [2.75, 3.05) is 12.0 Å². The molecule has 0 saturated heterocycles. The zero-order chi connectivity index (χ0) is 15.1. The lowest BCUT2D eigenvalue weighted by Gasteiger charge is -2.19. The van der Waals surface area contributed by atoms with Crippen molar-refractivity contribution in [2.24, 2.45) is 0 Å². The van der Waals surface area contributed by atoms with Crippen LogP contribution < -0.4 is 9.64 Å². The van der Waals surface area contributed by atoms with Gasteiger partial charge in [0.1, 0.15) is 17.3 Å². The van der Waals surface area contributed by atoms with Gasteiger partial charge < -0.3 is 4.74 Å². The standard InChI is InChI=1S/C15H9BrFNO3/c1-21-12-7-8(17)6-11(16)13(12)18-14(19)9-4-2-3-5-10(9)15(18)20/h2-7H,1H3. The van der Waals surface area contributed by atoms with Gasteiger partial charge in [-0.2, -0.15) is 0 Å². The predicted octanol–water partition coefficient (Wildman–Crippen LogP) is 3.40. The van der Waals surface area contributed by atoms with Crippen LogP contribution in [0.1, 0.15) is 20.7 Å². The van der Waals surface area contributed by atoms with Crippen molar-refractivity contribution in [3.05, 3.63) is 57.8 Å². The van der Waals surface area contributed by atoms with Crippen molar-refractivity contribution in [1.29, 1.82) is 0 Å². The van der Waals surface area contributed by atoms with Crippen LogP contribution in [-0.2, 0) is 0 Å². The van der Waals surface area contributed by atoms with Gasteiger partial charge in [-0.05, 0) is 34.1 Å². The van der Waals surface area contributed by atoms with Gasteiger partial charge in [-0.3, -0.25) is 9.59 Å². The van der Waals surface area contributed by atoms with Gasteiger partial charge in [0.2, 0.25) is 0 Å². The van der Waals surface area contributed by atoms with E-state index in [-0.39, 0.29) is 15.9 Å². The van der Waals surface area contributed by atoms with E-state index in [1.807, 2.05) is 0 Å². The Hall–Kier alpha value is -2.21. The summed E-state index contributed by atoms with van der Waals surface area (Å²) in [4.78, 5) is 25.9. The molecule has 0 aromatic heterocycles. The molecular formula is C15H9BrFNO3. The molecular weight excluding hydrogens is 341 g/mol. The summed E-state index contributed by atoms with van der Waals surface area (Å²) in [6.45, 7) is 0. The van der Waals surface area contributed by atoms with Gasteiger partial charge in [0, 0.05) is 10.5 Å². The molecule has 0 saturated carbocycles. The van der Waals surface area contributed by atoms with Gasteiger partial charge in [0.15, 0.2) is 0 Å². The van der Waals surface area contributed by atoms with Crippen molar-refractivity contribution in [3.8, 4) is 5.75 Å². The largest absolute Gasteiger partial charge is 0.494 e. The summed E-state index contributed by atoms with van der Waals surface area (Å²) >= 11 is 3.18. The Bertz CT molecular complexity index is 741. The molecule has 6 heteroatoms. The molecule has 1 aliphatic heterocycles. The summed E-state index contributed by atoms with van der Waals surface area (Å²) in [5, 5.41) is 0.